The van der Waals surface area contributed by atoms with Gasteiger partial charge in [0.15, 0.2) is 6.67 Å². The Balaban J connectivity index is 1.66. The van der Waals surface area contributed by atoms with E-state index in [1.54, 1.807) is 0 Å². The first kappa shape index (κ1) is 21.4. The fourth-order valence-corrected chi connectivity index (χ4v) is 3.95. The second kappa shape index (κ2) is 9.49. The average molecular weight is 422 g/mol. The van der Waals surface area contributed by atoms with Crippen LogP contribution in [0.5, 0.6) is 0 Å². The minimum absolute atomic E-state index is 0.212. The van der Waals surface area contributed by atoms with E-state index in [4.69, 9.17) is 23.1 Å². The Bertz CT molecular complexity index is 883. The first-order valence-corrected chi connectivity index (χ1v) is 10.5. The molecule has 2 aromatic rings. The highest BCUT2D eigenvalue weighted by atomic mass is 32.1. The van der Waals surface area contributed by atoms with Crippen molar-refractivity contribution >= 4 is 23.8 Å². The summed E-state index contributed by atoms with van der Waals surface area (Å²) in [6, 6.07) is 6.66. The van der Waals surface area contributed by atoms with Crippen LogP contribution >= 0.6 is 12.2 Å². The molecule has 1 aliphatic rings. The maximum absolute atomic E-state index is 13.1. The number of primary amides is 1. The first-order valence-electron chi connectivity index (χ1n) is 10.1. The minimum atomic E-state index is -0.330. The largest absolute Gasteiger partial charge is 0.370 e. The predicted molar refractivity (Wildman–Crippen MR) is 113 cm³/mol. The Morgan fingerprint density at radius 3 is 2.52 bits per heavy atom. The van der Waals surface area contributed by atoms with Gasteiger partial charge in [-0.1, -0.05) is 13.8 Å². The number of carbonyl (C=O) groups excluding carboxylic acids is 1. The predicted octanol–water partition coefficient (Wildman–Crippen LogP) is 0.990. The number of benzene rings is 1. The summed E-state index contributed by atoms with van der Waals surface area (Å²) < 4.78 is 17.8. The molecule has 1 aromatic carbocycles. The van der Waals surface area contributed by atoms with Crippen molar-refractivity contribution in [3.05, 3.63) is 40.7 Å². The van der Waals surface area contributed by atoms with E-state index in [1.165, 1.54) is 17.0 Å². The van der Waals surface area contributed by atoms with Gasteiger partial charge in [-0.25, -0.2) is 4.39 Å². The average Bonchev–Trinajstić information content (AvgIpc) is 2.96. The van der Waals surface area contributed by atoms with Crippen molar-refractivity contribution in [3.8, 4) is 0 Å². The van der Waals surface area contributed by atoms with E-state index < -0.39 is 0 Å². The third-order valence-electron chi connectivity index (χ3n) is 5.18. The highest BCUT2D eigenvalue weighted by Crippen LogP contribution is 2.14. The summed E-state index contributed by atoms with van der Waals surface area (Å²) in [5.41, 5.74) is 6.37. The van der Waals surface area contributed by atoms with Crippen molar-refractivity contribution in [3.63, 3.8) is 0 Å². The number of nitrogens with two attached hydrogens (primary N) is 1. The molecule has 0 unspecified atom stereocenters. The van der Waals surface area contributed by atoms with Gasteiger partial charge in [-0.3, -0.25) is 4.79 Å². The number of nitrogens with zero attached hydrogens (tertiary/aromatic N) is 4. The molecule has 3 N–H and O–H groups in total. The van der Waals surface area contributed by atoms with E-state index in [0.717, 1.165) is 44.2 Å². The summed E-state index contributed by atoms with van der Waals surface area (Å²) in [6.45, 7) is 9.45. The third-order valence-corrected chi connectivity index (χ3v) is 5.61. The van der Waals surface area contributed by atoms with E-state index in [2.05, 4.69) is 18.7 Å². The van der Waals surface area contributed by atoms with E-state index in [1.807, 2.05) is 21.4 Å². The lowest BCUT2D eigenvalue weighted by molar-refractivity contribution is -0.924. The minimum Gasteiger partial charge on any atom is -0.370 e. The SMILES string of the molecule is CC(C)Cn1c(CCC(N)=O)nn(C[NH+]2CCN(c3ccc(F)cc3)CC2)c1=S. The van der Waals surface area contributed by atoms with Crippen LogP contribution < -0.4 is 15.5 Å². The van der Waals surface area contributed by atoms with Gasteiger partial charge >= 0.3 is 0 Å². The lowest BCUT2D eigenvalue weighted by Crippen LogP contribution is -3.14. The van der Waals surface area contributed by atoms with Crippen molar-refractivity contribution in [1.29, 1.82) is 0 Å². The van der Waals surface area contributed by atoms with Crippen LogP contribution in [-0.4, -0.2) is 46.4 Å². The van der Waals surface area contributed by atoms with Crippen LogP contribution in [0, 0.1) is 16.5 Å². The van der Waals surface area contributed by atoms with Gasteiger partial charge in [0.1, 0.15) is 11.6 Å². The highest BCUT2D eigenvalue weighted by Gasteiger charge is 2.22. The monoisotopic (exact) mass is 421 g/mol. The normalized spacial score (nSPS) is 15.2. The summed E-state index contributed by atoms with van der Waals surface area (Å²) in [6.07, 6.45) is 0.777. The standard InChI is InChI=1S/C20H29FN6OS/c1-15(2)13-26-19(8-7-18(22)28)23-27(20(26)29)14-24-9-11-25(12-10-24)17-5-3-16(21)4-6-17/h3-6,15H,7-14H2,1-2H3,(H2,22,28)/p+1. The van der Waals surface area contributed by atoms with Crippen LogP contribution in [0.3, 0.4) is 0 Å². The van der Waals surface area contributed by atoms with Crippen LogP contribution in [0.1, 0.15) is 26.1 Å². The zero-order chi connectivity index (χ0) is 21.0. The Labute approximate surface area is 175 Å². The summed E-state index contributed by atoms with van der Waals surface area (Å²) >= 11 is 5.68. The van der Waals surface area contributed by atoms with Crippen LogP contribution in [0.2, 0.25) is 0 Å². The highest BCUT2D eigenvalue weighted by molar-refractivity contribution is 7.71. The number of aromatic nitrogens is 3. The van der Waals surface area contributed by atoms with Gasteiger partial charge in [0.2, 0.25) is 10.7 Å². The zero-order valence-electron chi connectivity index (χ0n) is 17.1. The Morgan fingerprint density at radius 2 is 1.93 bits per heavy atom. The summed E-state index contributed by atoms with van der Waals surface area (Å²) in [5.74, 6) is 0.714. The molecular formula is C20H30FN6OS+. The van der Waals surface area contributed by atoms with Gasteiger partial charge in [0.05, 0.1) is 26.2 Å². The summed E-state index contributed by atoms with van der Waals surface area (Å²) in [5, 5.41) is 4.71. The number of rotatable bonds is 8. The van der Waals surface area contributed by atoms with E-state index in [-0.39, 0.29) is 18.1 Å². The van der Waals surface area contributed by atoms with Crippen LogP contribution in [0.25, 0.3) is 0 Å². The number of piperazine rings is 1. The van der Waals surface area contributed by atoms with Gasteiger partial charge < -0.3 is 20.1 Å². The summed E-state index contributed by atoms with van der Waals surface area (Å²) in [7, 11) is 0. The number of anilines is 1. The molecule has 1 aromatic heterocycles. The molecule has 7 nitrogen and oxygen atoms in total. The molecule has 1 saturated heterocycles. The van der Waals surface area contributed by atoms with Crippen LogP contribution in [0.4, 0.5) is 10.1 Å². The molecule has 158 valence electrons. The molecule has 0 saturated carbocycles. The molecule has 3 rings (SSSR count). The third kappa shape index (κ3) is 5.63. The van der Waals surface area contributed by atoms with E-state index in [0.29, 0.717) is 23.8 Å². The molecule has 0 atom stereocenters. The number of aryl methyl sites for hydroxylation is 1. The molecule has 1 fully saturated rings. The maximum Gasteiger partial charge on any atom is 0.217 e. The molecule has 1 amide bonds. The molecule has 0 bridgehead atoms. The Hall–Kier alpha value is -2.26. The Kier molecular flexibility index (Phi) is 7.02. The van der Waals surface area contributed by atoms with Gasteiger partial charge in [-0.2, -0.15) is 9.78 Å². The molecule has 0 aliphatic carbocycles. The second-order valence-electron chi connectivity index (χ2n) is 8.04. The van der Waals surface area contributed by atoms with Crippen molar-refractivity contribution < 1.29 is 14.1 Å². The number of carbonyl (C=O) groups is 1. The zero-order valence-corrected chi connectivity index (χ0v) is 17.9. The number of hydrogen-bond donors (Lipinski definition) is 2. The maximum atomic E-state index is 13.1. The topological polar surface area (TPSA) is 73.5 Å². The van der Waals surface area contributed by atoms with E-state index in [9.17, 15) is 9.18 Å². The lowest BCUT2D eigenvalue weighted by Gasteiger charge is -2.33. The van der Waals surface area contributed by atoms with Crippen molar-refractivity contribution in [1.82, 2.24) is 14.3 Å². The van der Waals surface area contributed by atoms with E-state index >= 15 is 0 Å². The van der Waals surface area contributed by atoms with Gasteiger partial charge in [0, 0.05) is 25.1 Å². The number of hydrogen-bond acceptors (Lipinski definition) is 4. The number of nitrogens with one attached hydrogen (secondary N) is 1. The number of amides is 1. The fraction of sp³-hybridized carbons (Fsp3) is 0.550. The molecule has 2 heterocycles. The molecule has 29 heavy (non-hydrogen) atoms. The molecule has 1 aliphatic heterocycles. The smallest absolute Gasteiger partial charge is 0.217 e. The van der Waals surface area contributed by atoms with Crippen LogP contribution in [-0.2, 0) is 24.4 Å². The van der Waals surface area contributed by atoms with Gasteiger partial charge in [-0.15, -0.1) is 0 Å². The Morgan fingerprint density at radius 1 is 1.28 bits per heavy atom. The molecule has 0 radical (unpaired) electrons. The number of halogens is 1. The van der Waals surface area contributed by atoms with Crippen molar-refractivity contribution in [2.45, 2.75) is 39.9 Å². The quantitative estimate of drug-likeness (QED) is 0.624. The van der Waals surface area contributed by atoms with Crippen LogP contribution in [0.15, 0.2) is 24.3 Å². The molecule has 0 spiro atoms. The molecule has 9 heteroatoms. The fourth-order valence-electron chi connectivity index (χ4n) is 3.66. The molecular weight excluding hydrogens is 391 g/mol. The lowest BCUT2D eigenvalue weighted by atomic mass is 10.2. The van der Waals surface area contributed by atoms with Gasteiger partial charge in [0.25, 0.3) is 0 Å². The summed E-state index contributed by atoms with van der Waals surface area (Å²) in [4.78, 5) is 14.9. The van der Waals surface area contributed by atoms with Crippen molar-refractivity contribution in [2.75, 3.05) is 31.1 Å². The second-order valence-corrected chi connectivity index (χ2v) is 8.41. The van der Waals surface area contributed by atoms with Gasteiger partial charge in [-0.05, 0) is 42.4 Å². The number of quaternary nitrogens is 1. The first-order chi connectivity index (χ1) is 13.8. The van der Waals surface area contributed by atoms with Crippen molar-refractivity contribution in [2.24, 2.45) is 11.7 Å².